The molecule has 1 aliphatic heterocycles. The first-order valence-electron chi connectivity index (χ1n) is 5.25. The fourth-order valence-corrected chi connectivity index (χ4v) is 1.71. The zero-order valence-electron chi connectivity index (χ0n) is 10.3. The van der Waals surface area contributed by atoms with Crippen LogP contribution in [0.5, 0.6) is 0 Å². The van der Waals surface area contributed by atoms with Crippen molar-refractivity contribution in [3.63, 3.8) is 0 Å². The first-order valence-corrected chi connectivity index (χ1v) is 5.25. The molecule has 0 fully saturated rings. The summed E-state index contributed by atoms with van der Waals surface area (Å²) in [6, 6.07) is 0. The van der Waals surface area contributed by atoms with E-state index >= 15 is 0 Å². The zero-order chi connectivity index (χ0) is 14.0. The summed E-state index contributed by atoms with van der Waals surface area (Å²) < 4.78 is 0. The van der Waals surface area contributed by atoms with Gasteiger partial charge in [-0.1, -0.05) is 0 Å². The third-order valence-electron chi connectivity index (χ3n) is 2.59. The fraction of sp³-hybridized carbons (Fsp3) is 0.333. The molecule has 0 saturated carbocycles. The molecule has 1 rings (SSSR count). The highest BCUT2D eigenvalue weighted by Crippen LogP contribution is 2.24. The Bertz CT molecular complexity index is 433. The minimum absolute atomic E-state index is 0.00213. The molecule has 0 aromatic rings. The second kappa shape index (κ2) is 4.95. The number of nitrogens with one attached hydrogen (secondary N) is 1. The van der Waals surface area contributed by atoms with Crippen LogP contribution in [0.15, 0.2) is 22.5 Å². The first-order chi connectivity index (χ1) is 8.25. The molecule has 0 aromatic heterocycles. The molecule has 0 aliphatic carbocycles. The fourth-order valence-electron chi connectivity index (χ4n) is 1.71. The lowest BCUT2D eigenvalue weighted by Gasteiger charge is -2.22. The van der Waals surface area contributed by atoms with Gasteiger partial charge in [0.15, 0.2) is 17.3 Å². The number of carboxylic acids is 1. The van der Waals surface area contributed by atoms with E-state index in [1.807, 2.05) is 0 Å². The summed E-state index contributed by atoms with van der Waals surface area (Å²) in [5.74, 6) is -2.58. The molecule has 1 heterocycles. The van der Waals surface area contributed by atoms with Crippen molar-refractivity contribution < 1.29 is 24.3 Å². The second-order valence-electron chi connectivity index (χ2n) is 3.98. The number of Topliss-reactive ketones (excluding diaryl/α,β-unsaturated/α-hetero) is 3. The van der Waals surface area contributed by atoms with Gasteiger partial charge in [-0.25, -0.2) is 4.79 Å². The van der Waals surface area contributed by atoms with Gasteiger partial charge in [0.1, 0.15) is 0 Å². The van der Waals surface area contributed by atoms with Crippen molar-refractivity contribution in [1.82, 2.24) is 5.32 Å². The third-order valence-corrected chi connectivity index (χ3v) is 2.59. The van der Waals surface area contributed by atoms with E-state index in [-0.39, 0.29) is 29.0 Å². The summed E-state index contributed by atoms with van der Waals surface area (Å²) in [4.78, 5) is 45.2. The summed E-state index contributed by atoms with van der Waals surface area (Å²) in [5, 5.41) is 11.5. The maximum absolute atomic E-state index is 11.4. The van der Waals surface area contributed by atoms with Crippen LogP contribution >= 0.6 is 0 Å². The molecule has 0 unspecified atom stereocenters. The lowest BCUT2D eigenvalue weighted by molar-refractivity contribution is -0.133. The molecule has 0 radical (unpaired) electrons. The quantitative estimate of drug-likeness (QED) is 0.747. The largest absolute Gasteiger partial charge is 0.478 e. The van der Waals surface area contributed by atoms with Crippen LogP contribution in [-0.4, -0.2) is 28.4 Å². The summed E-state index contributed by atoms with van der Waals surface area (Å²) >= 11 is 0. The van der Waals surface area contributed by atoms with Crippen molar-refractivity contribution in [3.05, 3.63) is 22.5 Å². The minimum atomic E-state index is -1.28. The Morgan fingerprint density at radius 1 is 0.889 bits per heavy atom. The minimum Gasteiger partial charge on any atom is -0.478 e. The molecule has 6 nitrogen and oxygen atoms in total. The molecule has 0 saturated heterocycles. The Morgan fingerprint density at radius 2 is 1.33 bits per heavy atom. The van der Waals surface area contributed by atoms with Crippen LogP contribution in [0.4, 0.5) is 0 Å². The number of rotatable bonds is 4. The number of allylic oxidation sites excluding steroid dienone is 3. The molecular weight excluding hydrogens is 238 g/mol. The van der Waals surface area contributed by atoms with E-state index in [1.54, 1.807) is 0 Å². The van der Waals surface area contributed by atoms with Crippen LogP contribution < -0.4 is 5.32 Å². The molecule has 2 N–H and O–H groups in total. The van der Waals surface area contributed by atoms with Gasteiger partial charge < -0.3 is 10.4 Å². The molecule has 0 aromatic carbocycles. The average molecular weight is 251 g/mol. The molecule has 96 valence electrons. The normalized spacial score (nSPS) is 15.3. The Kier molecular flexibility index (Phi) is 3.80. The van der Waals surface area contributed by atoms with E-state index in [9.17, 15) is 19.2 Å². The van der Waals surface area contributed by atoms with E-state index in [2.05, 4.69) is 5.32 Å². The monoisotopic (exact) mass is 251 g/mol. The number of dihydropyridines is 1. The van der Waals surface area contributed by atoms with Gasteiger partial charge in [0, 0.05) is 25.8 Å². The van der Waals surface area contributed by atoms with Gasteiger partial charge in [-0.05, 0) is 6.92 Å². The van der Waals surface area contributed by atoms with Gasteiger partial charge in [-0.15, -0.1) is 0 Å². The zero-order valence-corrected chi connectivity index (χ0v) is 10.3. The molecule has 18 heavy (non-hydrogen) atoms. The lowest BCUT2D eigenvalue weighted by Crippen LogP contribution is -2.32. The molecular formula is C12H13NO5. The summed E-state index contributed by atoms with van der Waals surface area (Å²) in [6.07, 6.45) is -0.221. The number of hydrogen-bond acceptors (Lipinski definition) is 5. The molecule has 0 bridgehead atoms. The highest BCUT2D eigenvalue weighted by atomic mass is 16.4. The van der Waals surface area contributed by atoms with Crippen LogP contribution in [-0.2, 0) is 19.2 Å². The Balaban J connectivity index is 3.35. The van der Waals surface area contributed by atoms with Crippen LogP contribution in [0, 0.1) is 0 Å². The van der Waals surface area contributed by atoms with Crippen molar-refractivity contribution in [2.75, 3.05) is 0 Å². The third kappa shape index (κ3) is 2.53. The van der Waals surface area contributed by atoms with Gasteiger partial charge >= 0.3 is 5.97 Å². The Labute approximate surface area is 103 Å². The molecule has 0 atom stereocenters. The van der Waals surface area contributed by atoms with Crippen LogP contribution in [0.25, 0.3) is 0 Å². The van der Waals surface area contributed by atoms with E-state index in [1.165, 1.54) is 20.8 Å². The van der Waals surface area contributed by atoms with Gasteiger partial charge in [0.25, 0.3) is 0 Å². The average Bonchev–Trinajstić information content (AvgIpc) is 2.26. The number of carboxylic acid groups (broad SMARTS) is 1. The van der Waals surface area contributed by atoms with E-state index in [0.717, 1.165) is 0 Å². The van der Waals surface area contributed by atoms with Crippen LogP contribution in [0.3, 0.4) is 0 Å². The second-order valence-corrected chi connectivity index (χ2v) is 3.98. The highest BCUT2D eigenvalue weighted by Gasteiger charge is 2.29. The number of aliphatic carboxylic acids is 1. The van der Waals surface area contributed by atoms with Crippen molar-refractivity contribution in [2.24, 2.45) is 0 Å². The predicted octanol–water partition coefficient (Wildman–Crippen LogP) is 0.339. The topological polar surface area (TPSA) is 101 Å². The molecule has 0 spiro atoms. The highest BCUT2D eigenvalue weighted by molar-refractivity contribution is 6.10. The first kappa shape index (κ1) is 13.8. The van der Waals surface area contributed by atoms with E-state index in [0.29, 0.717) is 0 Å². The van der Waals surface area contributed by atoms with Gasteiger partial charge in [-0.2, -0.15) is 0 Å². The van der Waals surface area contributed by atoms with Crippen LogP contribution in [0.2, 0.25) is 0 Å². The van der Waals surface area contributed by atoms with Gasteiger partial charge in [-0.3, -0.25) is 14.4 Å². The maximum atomic E-state index is 11.4. The van der Waals surface area contributed by atoms with Crippen molar-refractivity contribution in [2.45, 2.75) is 27.2 Å². The SMILES string of the molecule is CC(=O)C1=C(C(C)=O)NC(C(C)=O)=C(C(=O)O)C1. The van der Waals surface area contributed by atoms with Crippen molar-refractivity contribution in [3.8, 4) is 0 Å². The van der Waals surface area contributed by atoms with Crippen LogP contribution in [0.1, 0.15) is 27.2 Å². The molecule has 6 heteroatoms. The lowest BCUT2D eigenvalue weighted by atomic mass is 9.92. The summed E-state index contributed by atoms with van der Waals surface area (Å²) in [6.45, 7) is 3.69. The van der Waals surface area contributed by atoms with Gasteiger partial charge in [0.05, 0.1) is 17.0 Å². The van der Waals surface area contributed by atoms with Crippen molar-refractivity contribution in [1.29, 1.82) is 0 Å². The number of hydrogen-bond donors (Lipinski definition) is 2. The Hall–Kier alpha value is -2.24. The summed E-state index contributed by atoms with van der Waals surface area (Å²) in [7, 11) is 0. The smallest absolute Gasteiger partial charge is 0.334 e. The Morgan fingerprint density at radius 3 is 1.67 bits per heavy atom. The number of carbonyl (C=O) groups is 4. The predicted molar refractivity (Wildman–Crippen MR) is 61.5 cm³/mol. The number of ketones is 3. The van der Waals surface area contributed by atoms with E-state index < -0.39 is 23.3 Å². The number of carbonyl (C=O) groups excluding carboxylic acids is 3. The van der Waals surface area contributed by atoms with Gasteiger partial charge in [0.2, 0.25) is 0 Å². The van der Waals surface area contributed by atoms with E-state index in [4.69, 9.17) is 5.11 Å². The molecule has 0 amide bonds. The standard InChI is InChI=1S/C12H13NO5/c1-5(14)8-4-9(12(17)18)11(7(3)16)13-10(8)6(2)15/h13H,4H2,1-3H3,(H,17,18). The summed E-state index contributed by atoms with van der Waals surface area (Å²) in [5.41, 5.74) is -0.252. The molecule has 1 aliphatic rings. The maximum Gasteiger partial charge on any atom is 0.334 e. The van der Waals surface area contributed by atoms with Crippen molar-refractivity contribution >= 4 is 23.3 Å².